The molecule has 2 fully saturated rings. The SMILES string of the molecule is CCCCCCC(CCCCC)C(=O)N1CCC2(CCN(CC)CC2)CC1. The van der Waals surface area contributed by atoms with Crippen molar-refractivity contribution in [1.29, 1.82) is 0 Å². The van der Waals surface area contributed by atoms with Crippen molar-refractivity contribution in [1.82, 2.24) is 9.80 Å². The highest BCUT2D eigenvalue weighted by molar-refractivity contribution is 5.78. The second-order valence-corrected chi connectivity index (χ2v) is 9.30. The maximum Gasteiger partial charge on any atom is 0.225 e. The number of rotatable bonds is 11. The molecule has 158 valence electrons. The fourth-order valence-electron chi connectivity index (χ4n) is 5.15. The van der Waals surface area contributed by atoms with E-state index in [0.717, 1.165) is 25.9 Å². The van der Waals surface area contributed by atoms with Crippen LogP contribution in [0.15, 0.2) is 0 Å². The summed E-state index contributed by atoms with van der Waals surface area (Å²) in [5.74, 6) is 0.785. The Labute approximate surface area is 169 Å². The predicted molar refractivity (Wildman–Crippen MR) is 116 cm³/mol. The molecule has 3 nitrogen and oxygen atoms in total. The van der Waals surface area contributed by atoms with Crippen LogP contribution in [0.3, 0.4) is 0 Å². The van der Waals surface area contributed by atoms with Gasteiger partial charge in [-0.25, -0.2) is 0 Å². The maximum atomic E-state index is 13.2. The molecule has 0 aromatic rings. The molecule has 2 rings (SSSR count). The molecule has 2 aliphatic rings. The van der Waals surface area contributed by atoms with Gasteiger partial charge in [-0.15, -0.1) is 0 Å². The predicted octanol–water partition coefficient (Wildman–Crippen LogP) is 5.88. The Balaban J connectivity index is 1.82. The molecule has 1 unspecified atom stereocenters. The van der Waals surface area contributed by atoms with E-state index in [1.54, 1.807) is 0 Å². The Morgan fingerprint density at radius 1 is 0.778 bits per heavy atom. The van der Waals surface area contributed by atoms with E-state index in [0.29, 0.717) is 17.2 Å². The Morgan fingerprint density at radius 2 is 1.30 bits per heavy atom. The molecule has 0 bridgehead atoms. The molecule has 0 radical (unpaired) electrons. The van der Waals surface area contributed by atoms with E-state index in [1.165, 1.54) is 90.3 Å². The Hall–Kier alpha value is -0.570. The van der Waals surface area contributed by atoms with E-state index < -0.39 is 0 Å². The first-order chi connectivity index (χ1) is 13.1. The van der Waals surface area contributed by atoms with E-state index >= 15 is 0 Å². The van der Waals surface area contributed by atoms with Crippen LogP contribution in [0.1, 0.15) is 104 Å². The van der Waals surface area contributed by atoms with Gasteiger partial charge in [0.2, 0.25) is 5.91 Å². The molecule has 27 heavy (non-hydrogen) atoms. The van der Waals surface area contributed by atoms with Crippen LogP contribution in [0.4, 0.5) is 0 Å². The molecular formula is C24H46N2O. The third-order valence-corrected chi connectivity index (χ3v) is 7.41. The third kappa shape index (κ3) is 7.07. The minimum atomic E-state index is 0.296. The zero-order valence-electron chi connectivity index (χ0n) is 18.6. The molecule has 1 amide bonds. The highest BCUT2D eigenvalue weighted by Crippen LogP contribution is 2.41. The number of amides is 1. The van der Waals surface area contributed by atoms with Gasteiger partial charge in [0.25, 0.3) is 0 Å². The summed E-state index contributed by atoms with van der Waals surface area (Å²) in [7, 11) is 0. The average molecular weight is 379 g/mol. The van der Waals surface area contributed by atoms with Crippen molar-refractivity contribution in [3.63, 3.8) is 0 Å². The van der Waals surface area contributed by atoms with E-state index in [2.05, 4.69) is 30.6 Å². The number of unbranched alkanes of at least 4 members (excludes halogenated alkanes) is 5. The lowest BCUT2D eigenvalue weighted by Crippen LogP contribution is -2.49. The number of carbonyl (C=O) groups is 1. The summed E-state index contributed by atoms with van der Waals surface area (Å²) in [5, 5.41) is 0. The number of nitrogens with zero attached hydrogens (tertiary/aromatic N) is 2. The Morgan fingerprint density at radius 3 is 1.85 bits per heavy atom. The first-order valence-electron chi connectivity index (χ1n) is 12.1. The molecule has 0 aliphatic carbocycles. The molecule has 2 saturated heterocycles. The van der Waals surface area contributed by atoms with Crippen molar-refractivity contribution in [2.75, 3.05) is 32.7 Å². The Kier molecular flexibility index (Phi) is 10.2. The summed E-state index contributed by atoms with van der Waals surface area (Å²) in [6.07, 6.45) is 16.3. The fourth-order valence-corrected chi connectivity index (χ4v) is 5.15. The molecule has 0 saturated carbocycles. The van der Waals surface area contributed by atoms with Gasteiger partial charge in [0.05, 0.1) is 0 Å². The molecule has 2 heterocycles. The van der Waals surface area contributed by atoms with Gasteiger partial charge in [0, 0.05) is 19.0 Å². The summed E-state index contributed by atoms with van der Waals surface area (Å²) >= 11 is 0. The fraction of sp³-hybridized carbons (Fsp3) is 0.958. The molecule has 1 spiro atoms. The van der Waals surface area contributed by atoms with Crippen molar-refractivity contribution in [2.45, 2.75) is 104 Å². The Bertz CT molecular complexity index is 405. The van der Waals surface area contributed by atoms with Crippen LogP contribution < -0.4 is 0 Å². The molecule has 1 atom stereocenters. The average Bonchev–Trinajstić information content (AvgIpc) is 2.71. The lowest BCUT2D eigenvalue weighted by atomic mass is 9.71. The summed E-state index contributed by atoms with van der Waals surface area (Å²) in [6, 6.07) is 0. The second-order valence-electron chi connectivity index (χ2n) is 9.30. The molecule has 2 aliphatic heterocycles. The largest absolute Gasteiger partial charge is 0.342 e. The van der Waals surface area contributed by atoms with Crippen LogP contribution in [0.2, 0.25) is 0 Å². The van der Waals surface area contributed by atoms with E-state index in [9.17, 15) is 4.79 Å². The van der Waals surface area contributed by atoms with Gasteiger partial charge in [0.15, 0.2) is 0 Å². The first-order valence-corrected chi connectivity index (χ1v) is 12.1. The molecule has 0 N–H and O–H groups in total. The molecular weight excluding hydrogens is 332 g/mol. The van der Waals surface area contributed by atoms with Crippen molar-refractivity contribution in [3.05, 3.63) is 0 Å². The number of hydrogen-bond acceptors (Lipinski definition) is 2. The monoisotopic (exact) mass is 378 g/mol. The second kappa shape index (κ2) is 12.1. The lowest BCUT2D eigenvalue weighted by molar-refractivity contribution is -0.139. The van der Waals surface area contributed by atoms with Crippen molar-refractivity contribution >= 4 is 5.91 Å². The van der Waals surface area contributed by atoms with Gasteiger partial charge < -0.3 is 9.80 Å². The van der Waals surface area contributed by atoms with Crippen LogP contribution >= 0.6 is 0 Å². The normalized spacial score (nSPS) is 21.5. The van der Waals surface area contributed by atoms with Gasteiger partial charge in [-0.1, -0.05) is 65.7 Å². The van der Waals surface area contributed by atoms with Gasteiger partial charge in [0.1, 0.15) is 0 Å². The topological polar surface area (TPSA) is 23.6 Å². The van der Waals surface area contributed by atoms with Crippen molar-refractivity contribution in [2.24, 2.45) is 11.3 Å². The highest BCUT2D eigenvalue weighted by atomic mass is 16.2. The summed E-state index contributed by atoms with van der Waals surface area (Å²) in [4.78, 5) is 18.1. The van der Waals surface area contributed by atoms with Gasteiger partial charge in [-0.05, 0) is 63.6 Å². The van der Waals surface area contributed by atoms with E-state index in [-0.39, 0.29) is 0 Å². The summed E-state index contributed by atoms with van der Waals surface area (Å²) < 4.78 is 0. The molecule has 0 aromatic carbocycles. The van der Waals surface area contributed by atoms with Crippen LogP contribution in [0.5, 0.6) is 0 Å². The molecule has 3 heteroatoms. The van der Waals surface area contributed by atoms with Crippen LogP contribution in [-0.2, 0) is 4.79 Å². The number of likely N-dealkylation sites (tertiary alicyclic amines) is 2. The first kappa shape index (κ1) is 22.7. The summed E-state index contributed by atoms with van der Waals surface area (Å²) in [6.45, 7) is 12.6. The van der Waals surface area contributed by atoms with E-state index in [1.807, 2.05) is 0 Å². The van der Waals surface area contributed by atoms with Gasteiger partial charge in [-0.2, -0.15) is 0 Å². The number of carbonyl (C=O) groups excluding carboxylic acids is 1. The minimum Gasteiger partial charge on any atom is -0.342 e. The molecule has 0 aromatic heterocycles. The van der Waals surface area contributed by atoms with Crippen molar-refractivity contribution < 1.29 is 4.79 Å². The minimum absolute atomic E-state index is 0.296. The summed E-state index contributed by atoms with van der Waals surface area (Å²) in [5.41, 5.74) is 0.543. The highest BCUT2D eigenvalue weighted by Gasteiger charge is 2.39. The number of hydrogen-bond donors (Lipinski definition) is 0. The van der Waals surface area contributed by atoms with Crippen LogP contribution in [0.25, 0.3) is 0 Å². The smallest absolute Gasteiger partial charge is 0.225 e. The van der Waals surface area contributed by atoms with Crippen molar-refractivity contribution in [3.8, 4) is 0 Å². The van der Waals surface area contributed by atoms with Gasteiger partial charge in [-0.3, -0.25) is 4.79 Å². The lowest BCUT2D eigenvalue weighted by Gasteiger charge is -2.47. The quantitative estimate of drug-likeness (QED) is 0.419. The maximum absolute atomic E-state index is 13.2. The third-order valence-electron chi connectivity index (χ3n) is 7.41. The van der Waals surface area contributed by atoms with E-state index in [4.69, 9.17) is 0 Å². The van der Waals surface area contributed by atoms with Crippen LogP contribution in [-0.4, -0.2) is 48.4 Å². The van der Waals surface area contributed by atoms with Crippen LogP contribution in [0, 0.1) is 11.3 Å². The van der Waals surface area contributed by atoms with Gasteiger partial charge >= 0.3 is 0 Å². The standard InChI is InChI=1S/C24H46N2O/c1-4-7-9-11-13-22(12-10-8-5-2)23(27)26-20-16-24(17-21-26)14-18-25(6-3)19-15-24/h22H,4-21H2,1-3H3. The number of piperidine rings is 2. The zero-order chi connectivity index (χ0) is 19.5. The zero-order valence-corrected chi connectivity index (χ0v) is 18.6.